The minimum Gasteiger partial charge on any atom is -0.477 e. The average Bonchev–Trinajstić information content (AvgIpc) is 2.95. The van der Waals surface area contributed by atoms with Crippen LogP contribution in [0.25, 0.3) is 0 Å². The zero-order valence-electron chi connectivity index (χ0n) is 10.5. The summed E-state index contributed by atoms with van der Waals surface area (Å²) in [6, 6.07) is 1.16. The molecule has 2 rings (SSSR count). The lowest BCUT2D eigenvalue weighted by atomic mass is 10.1. The Bertz CT molecular complexity index is 592. The van der Waals surface area contributed by atoms with Crippen molar-refractivity contribution in [2.45, 2.75) is 11.3 Å². The normalized spacial score (nSPS) is 20.8. The van der Waals surface area contributed by atoms with E-state index in [4.69, 9.17) is 10.2 Å². The summed E-state index contributed by atoms with van der Waals surface area (Å²) >= 11 is 0. The minimum atomic E-state index is -3.68. The molecule has 7 nitrogen and oxygen atoms in total. The summed E-state index contributed by atoms with van der Waals surface area (Å²) in [5.41, 5.74) is -0.0727. The Kier molecular flexibility index (Phi) is 3.66. The minimum absolute atomic E-state index is 0.0222. The van der Waals surface area contributed by atoms with Gasteiger partial charge >= 0.3 is 5.97 Å². The van der Waals surface area contributed by atoms with Crippen molar-refractivity contribution in [1.82, 2.24) is 8.87 Å². The standard InChI is InChI=1S/C11H16N2O5S/c1-12-6-9(4-10(12)11(15)16)19(17,18)13-3-2-8(5-13)7-14/h4,6,8,14H,2-3,5,7H2,1H3,(H,15,16). The lowest BCUT2D eigenvalue weighted by Gasteiger charge is -2.14. The second kappa shape index (κ2) is 4.95. The molecule has 0 saturated carbocycles. The summed E-state index contributed by atoms with van der Waals surface area (Å²) in [6.45, 7) is 0.585. The van der Waals surface area contributed by atoms with Gasteiger partial charge in [0.2, 0.25) is 10.0 Å². The zero-order chi connectivity index (χ0) is 14.2. The smallest absolute Gasteiger partial charge is 0.352 e. The van der Waals surface area contributed by atoms with Gasteiger partial charge in [0, 0.05) is 32.9 Å². The highest BCUT2D eigenvalue weighted by Gasteiger charge is 2.33. The third kappa shape index (κ3) is 2.51. The van der Waals surface area contributed by atoms with Crippen LogP contribution in [-0.4, -0.2) is 53.2 Å². The first-order valence-electron chi connectivity index (χ1n) is 5.87. The molecule has 106 valence electrons. The van der Waals surface area contributed by atoms with Gasteiger partial charge in [0.25, 0.3) is 0 Å². The molecule has 8 heteroatoms. The number of aromatic nitrogens is 1. The fraction of sp³-hybridized carbons (Fsp3) is 0.545. The highest BCUT2D eigenvalue weighted by atomic mass is 32.2. The van der Waals surface area contributed by atoms with Crippen molar-refractivity contribution in [3.8, 4) is 0 Å². The van der Waals surface area contributed by atoms with E-state index >= 15 is 0 Å². The first-order chi connectivity index (χ1) is 8.86. The van der Waals surface area contributed by atoms with Crippen molar-refractivity contribution in [2.24, 2.45) is 13.0 Å². The molecule has 0 amide bonds. The van der Waals surface area contributed by atoms with Gasteiger partial charge in [0.05, 0.1) is 0 Å². The number of carboxylic acids is 1. The van der Waals surface area contributed by atoms with Crippen LogP contribution in [0.4, 0.5) is 0 Å². The number of aromatic carboxylic acids is 1. The van der Waals surface area contributed by atoms with E-state index in [1.807, 2.05) is 0 Å². The van der Waals surface area contributed by atoms with E-state index in [1.165, 1.54) is 22.1 Å². The molecule has 1 aliphatic rings. The molecule has 1 atom stereocenters. The highest BCUT2D eigenvalue weighted by Crippen LogP contribution is 2.25. The Morgan fingerprint density at radius 2 is 2.21 bits per heavy atom. The number of sulfonamides is 1. The van der Waals surface area contributed by atoms with Crippen molar-refractivity contribution in [2.75, 3.05) is 19.7 Å². The maximum absolute atomic E-state index is 12.3. The number of aliphatic hydroxyl groups is 1. The first kappa shape index (κ1) is 14.0. The van der Waals surface area contributed by atoms with Crippen molar-refractivity contribution in [3.63, 3.8) is 0 Å². The Morgan fingerprint density at radius 1 is 1.53 bits per heavy atom. The molecule has 1 fully saturated rings. The molecular formula is C11H16N2O5S. The van der Waals surface area contributed by atoms with Crippen LogP contribution < -0.4 is 0 Å². The van der Waals surface area contributed by atoms with Gasteiger partial charge in [0.1, 0.15) is 10.6 Å². The molecule has 0 aliphatic carbocycles. The monoisotopic (exact) mass is 288 g/mol. The summed E-state index contributed by atoms with van der Waals surface area (Å²) in [5.74, 6) is -1.21. The predicted octanol–water partition coefficient (Wildman–Crippen LogP) is -0.274. The van der Waals surface area contributed by atoms with Gasteiger partial charge in [-0.3, -0.25) is 0 Å². The Morgan fingerprint density at radius 3 is 2.68 bits per heavy atom. The maximum atomic E-state index is 12.3. The van der Waals surface area contributed by atoms with Gasteiger partial charge in [-0.15, -0.1) is 0 Å². The lowest BCUT2D eigenvalue weighted by molar-refractivity contribution is 0.0686. The number of rotatable bonds is 4. The van der Waals surface area contributed by atoms with Crippen LogP contribution in [0.5, 0.6) is 0 Å². The van der Waals surface area contributed by atoms with Crippen LogP contribution in [0.2, 0.25) is 0 Å². The van der Waals surface area contributed by atoms with E-state index < -0.39 is 16.0 Å². The van der Waals surface area contributed by atoms with Gasteiger partial charge < -0.3 is 14.8 Å². The van der Waals surface area contributed by atoms with Gasteiger partial charge in [-0.25, -0.2) is 13.2 Å². The number of aliphatic hydroxyl groups excluding tert-OH is 1. The zero-order valence-corrected chi connectivity index (χ0v) is 11.3. The summed E-state index contributed by atoms with van der Waals surface area (Å²) in [6.07, 6.45) is 1.92. The summed E-state index contributed by atoms with van der Waals surface area (Å²) in [7, 11) is -2.19. The van der Waals surface area contributed by atoms with E-state index in [0.717, 1.165) is 6.07 Å². The Balaban J connectivity index is 2.30. The van der Waals surface area contributed by atoms with Crippen molar-refractivity contribution in [1.29, 1.82) is 0 Å². The molecule has 1 aromatic heterocycles. The van der Waals surface area contributed by atoms with Crippen LogP contribution in [0.1, 0.15) is 16.9 Å². The van der Waals surface area contributed by atoms with Crippen molar-refractivity contribution >= 4 is 16.0 Å². The van der Waals surface area contributed by atoms with Crippen LogP contribution in [0.3, 0.4) is 0 Å². The highest BCUT2D eigenvalue weighted by molar-refractivity contribution is 7.89. The number of carboxylic acid groups (broad SMARTS) is 1. The molecular weight excluding hydrogens is 272 g/mol. The van der Waals surface area contributed by atoms with Gasteiger partial charge in [0.15, 0.2) is 0 Å². The molecule has 2 heterocycles. The van der Waals surface area contributed by atoms with Crippen LogP contribution in [-0.2, 0) is 17.1 Å². The maximum Gasteiger partial charge on any atom is 0.352 e. The average molecular weight is 288 g/mol. The molecule has 1 aromatic rings. The summed E-state index contributed by atoms with van der Waals surface area (Å²) in [5, 5.41) is 18.0. The van der Waals surface area contributed by atoms with Crippen LogP contribution in [0.15, 0.2) is 17.2 Å². The SMILES string of the molecule is Cn1cc(S(=O)(=O)N2CCC(CO)C2)cc1C(=O)O. The molecule has 0 radical (unpaired) electrons. The first-order valence-corrected chi connectivity index (χ1v) is 7.31. The fourth-order valence-electron chi connectivity index (χ4n) is 2.20. The molecule has 0 aromatic carbocycles. The second-order valence-corrected chi connectivity index (χ2v) is 6.62. The van der Waals surface area contributed by atoms with E-state index in [2.05, 4.69) is 0 Å². The molecule has 2 N–H and O–H groups in total. The Hall–Kier alpha value is -1.38. The van der Waals surface area contributed by atoms with Crippen LogP contribution in [0, 0.1) is 5.92 Å². The van der Waals surface area contributed by atoms with Gasteiger partial charge in [-0.1, -0.05) is 0 Å². The fourth-order valence-corrected chi connectivity index (χ4v) is 3.80. The number of carbonyl (C=O) groups is 1. The third-order valence-corrected chi connectivity index (χ3v) is 5.17. The van der Waals surface area contributed by atoms with Gasteiger partial charge in [-0.2, -0.15) is 4.31 Å². The molecule has 0 spiro atoms. The van der Waals surface area contributed by atoms with E-state index in [9.17, 15) is 13.2 Å². The lowest BCUT2D eigenvalue weighted by Crippen LogP contribution is -2.29. The molecule has 1 saturated heterocycles. The largest absolute Gasteiger partial charge is 0.477 e. The number of hydrogen-bond donors (Lipinski definition) is 2. The van der Waals surface area contributed by atoms with Crippen molar-refractivity contribution in [3.05, 3.63) is 18.0 Å². The van der Waals surface area contributed by atoms with E-state index in [-0.39, 0.29) is 29.7 Å². The Labute approximate surface area is 111 Å². The molecule has 0 bridgehead atoms. The summed E-state index contributed by atoms with van der Waals surface area (Å²) in [4.78, 5) is 10.9. The third-order valence-electron chi connectivity index (χ3n) is 3.34. The second-order valence-electron chi connectivity index (χ2n) is 4.68. The molecule has 19 heavy (non-hydrogen) atoms. The van der Waals surface area contributed by atoms with Crippen molar-refractivity contribution < 1.29 is 23.4 Å². The topological polar surface area (TPSA) is 99.8 Å². The van der Waals surface area contributed by atoms with Gasteiger partial charge in [-0.05, 0) is 18.4 Å². The quantitative estimate of drug-likeness (QED) is 0.794. The summed E-state index contributed by atoms with van der Waals surface area (Å²) < 4.78 is 27.2. The molecule has 1 unspecified atom stereocenters. The predicted molar refractivity (Wildman–Crippen MR) is 66.3 cm³/mol. The van der Waals surface area contributed by atoms with E-state index in [0.29, 0.717) is 13.0 Å². The number of aryl methyl sites for hydroxylation is 1. The number of hydrogen-bond acceptors (Lipinski definition) is 4. The van der Waals surface area contributed by atoms with Crippen LogP contribution >= 0.6 is 0 Å². The van der Waals surface area contributed by atoms with E-state index in [1.54, 1.807) is 0 Å². The number of nitrogens with zero attached hydrogens (tertiary/aromatic N) is 2. The molecule has 1 aliphatic heterocycles.